The molecular weight excluding hydrogens is 419 g/mol. The topological polar surface area (TPSA) is 81.3 Å². The predicted octanol–water partition coefficient (Wildman–Crippen LogP) is 2.56. The number of rotatable bonds is 4. The highest BCUT2D eigenvalue weighted by Gasteiger charge is 2.36. The summed E-state index contributed by atoms with van der Waals surface area (Å²) >= 11 is 1.83. The normalized spacial score (nSPS) is 20.6. The van der Waals surface area contributed by atoms with Crippen molar-refractivity contribution in [1.29, 1.82) is 0 Å². The minimum atomic E-state index is -4.56. The van der Waals surface area contributed by atoms with Crippen LogP contribution in [0.25, 0.3) is 11.0 Å². The summed E-state index contributed by atoms with van der Waals surface area (Å²) in [5.74, 6) is 0.573. The van der Waals surface area contributed by atoms with Gasteiger partial charge < -0.3 is 15.2 Å². The molecule has 2 aliphatic rings. The molecular formula is C19H22F3N5O2S. The average molecular weight is 441 g/mol. The van der Waals surface area contributed by atoms with Gasteiger partial charge in [-0.15, -0.1) is 0 Å². The average Bonchev–Trinajstić information content (AvgIpc) is 3.34. The standard InChI is InChI=1S/C19H22F3N5O2S/c20-19(21,22)18-24-13-4-3-12(10-14(13)25-18)23-16(28)11-27-5-1-2-15(27)17(29)26-6-8-30-9-7-26/h3-4,10,15H,1-2,5-9,11H2,(H,23,28)(H,24,25). The molecule has 0 bridgehead atoms. The van der Waals surface area contributed by atoms with E-state index < -0.39 is 12.0 Å². The molecule has 0 saturated carbocycles. The first kappa shape index (κ1) is 21.0. The van der Waals surface area contributed by atoms with Crippen molar-refractivity contribution in [2.45, 2.75) is 25.1 Å². The monoisotopic (exact) mass is 441 g/mol. The maximum Gasteiger partial charge on any atom is 0.449 e. The fourth-order valence-electron chi connectivity index (χ4n) is 3.90. The highest BCUT2D eigenvalue weighted by Crippen LogP contribution is 2.29. The molecule has 1 aromatic carbocycles. The first-order valence-corrected chi connectivity index (χ1v) is 10.9. The SMILES string of the molecule is O=C(CN1CCCC1C(=O)N1CCSCC1)Nc1ccc2nc(C(F)(F)F)[nH]c2c1. The van der Waals surface area contributed by atoms with Crippen LogP contribution in [0.15, 0.2) is 18.2 Å². The molecule has 0 radical (unpaired) electrons. The first-order valence-electron chi connectivity index (χ1n) is 9.78. The van der Waals surface area contributed by atoms with E-state index in [0.29, 0.717) is 12.2 Å². The number of benzene rings is 1. The number of carbonyl (C=O) groups is 2. The number of hydrogen-bond donors (Lipinski definition) is 2. The number of nitrogens with one attached hydrogen (secondary N) is 2. The number of aromatic amines is 1. The van der Waals surface area contributed by atoms with E-state index in [4.69, 9.17) is 0 Å². The van der Waals surface area contributed by atoms with Crippen molar-refractivity contribution >= 4 is 40.3 Å². The molecule has 2 aromatic rings. The summed E-state index contributed by atoms with van der Waals surface area (Å²) in [5.41, 5.74) is 0.738. The molecule has 3 heterocycles. The number of alkyl halides is 3. The Kier molecular flexibility index (Phi) is 5.92. The molecule has 7 nitrogen and oxygen atoms in total. The molecule has 2 aliphatic heterocycles. The summed E-state index contributed by atoms with van der Waals surface area (Å²) in [4.78, 5) is 34.9. The summed E-state index contributed by atoms with van der Waals surface area (Å²) in [6.07, 6.45) is -2.98. The van der Waals surface area contributed by atoms with Gasteiger partial charge in [0, 0.05) is 30.3 Å². The molecule has 2 amide bonds. The zero-order valence-electron chi connectivity index (χ0n) is 16.2. The molecule has 0 aliphatic carbocycles. The number of imidazole rings is 1. The van der Waals surface area contributed by atoms with Gasteiger partial charge >= 0.3 is 6.18 Å². The predicted molar refractivity (Wildman–Crippen MR) is 108 cm³/mol. The van der Waals surface area contributed by atoms with Crippen LogP contribution in [0.4, 0.5) is 18.9 Å². The lowest BCUT2D eigenvalue weighted by Crippen LogP contribution is -2.49. The molecule has 2 fully saturated rings. The van der Waals surface area contributed by atoms with E-state index in [1.165, 1.54) is 18.2 Å². The first-order chi connectivity index (χ1) is 14.3. The Morgan fingerprint density at radius 1 is 1.23 bits per heavy atom. The van der Waals surface area contributed by atoms with Crippen LogP contribution in [0.2, 0.25) is 0 Å². The minimum absolute atomic E-state index is 0.0633. The summed E-state index contributed by atoms with van der Waals surface area (Å²) < 4.78 is 38.4. The van der Waals surface area contributed by atoms with Gasteiger partial charge in [0.15, 0.2) is 0 Å². The van der Waals surface area contributed by atoms with E-state index in [-0.39, 0.29) is 35.4 Å². The van der Waals surface area contributed by atoms with Gasteiger partial charge in [0.2, 0.25) is 17.6 Å². The van der Waals surface area contributed by atoms with Crippen LogP contribution < -0.4 is 5.32 Å². The lowest BCUT2D eigenvalue weighted by Gasteiger charge is -2.32. The van der Waals surface area contributed by atoms with Gasteiger partial charge in [0.25, 0.3) is 0 Å². The Morgan fingerprint density at radius 2 is 2.00 bits per heavy atom. The number of amides is 2. The quantitative estimate of drug-likeness (QED) is 0.762. The molecule has 11 heteroatoms. The van der Waals surface area contributed by atoms with E-state index in [2.05, 4.69) is 15.3 Å². The maximum absolute atomic E-state index is 12.8. The molecule has 1 unspecified atom stereocenters. The van der Waals surface area contributed by atoms with E-state index in [0.717, 1.165) is 37.4 Å². The van der Waals surface area contributed by atoms with Crippen LogP contribution in [0.1, 0.15) is 18.7 Å². The van der Waals surface area contributed by atoms with Crippen molar-refractivity contribution in [1.82, 2.24) is 19.8 Å². The number of H-pyrrole nitrogens is 1. The number of nitrogens with zero attached hydrogens (tertiary/aromatic N) is 3. The summed E-state index contributed by atoms with van der Waals surface area (Å²) in [5, 5.41) is 2.71. The van der Waals surface area contributed by atoms with E-state index in [9.17, 15) is 22.8 Å². The smallest absolute Gasteiger partial charge is 0.340 e. The zero-order chi connectivity index (χ0) is 21.3. The van der Waals surface area contributed by atoms with Crippen LogP contribution in [0.3, 0.4) is 0 Å². The third-order valence-electron chi connectivity index (χ3n) is 5.35. The molecule has 162 valence electrons. The molecule has 1 aromatic heterocycles. The molecule has 2 saturated heterocycles. The number of likely N-dealkylation sites (tertiary alicyclic amines) is 1. The van der Waals surface area contributed by atoms with Gasteiger partial charge in [-0.25, -0.2) is 4.98 Å². The van der Waals surface area contributed by atoms with Crippen molar-refractivity contribution in [2.24, 2.45) is 0 Å². The van der Waals surface area contributed by atoms with Crippen molar-refractivity contribution in [3.8, 4) is 0 Å². The third kappa shape index (κ3) is 4.56. The number of carbonyl (C=O) groups excluding carboxylic acids is 2. The van der Waals surface area contributed by atoms with Crippen molar-refractivity contribution in [3.63, 3.8) is 0 Å². The highest BCUT2D eigenvalue weighted by molar-refractivity contribution is 7.99. The molecule has 4 rings (SSSR count). The Balaban J connectivity index is 1.39. The van der Waals surface area contributed by atoms with Crippen molar-refractivity contribution in [2.75, 3.05) is 43.0 Å². The summed E-state index contributed by atoms with van der Waals surface area (Å²) in [6, 6.07) is 4.07. The van der Waals surface area contributed by atoms with Gasteiger partial charge in [-0.3, -0.25) is 14.5 Å². The molecule has 0 spiro atoms. The Bertz CT molecular complexity index is 942. The van der Waals surface area contributed by atoms with Gasteiger partial charge in [-0.1, -0.05) is 0 Å². The van der Waals surface area contributed by atoms with Crippen molar-refractivity contribution < 1.29 is 22.8 Å². The second kappa shape index (κ2) is 8.46. The van der Waals surface area contributed by atoms with Gasteiger partial charge in [0.05, 0.1) is 23.6 Å². The van der Waals surface area contributed by atoms with Crippen LogP contribution in [0.5, 0.6) is 0 Å². The minimum Gasteiger partial charge on any atom is -0.340 e. The maximum atomic E-state index is 12.8. The molecule has 30 heavy (non-hydrogen) atoms. The lowest BCUT2D eigenvalue weighted by molar-refractivity contribution is -0.144. The van der Waals surface area contributed by atoms with Crippen LogP contribution >= 0.6 is 11.8 Å². The number of thioether (sulfide) groups is 1. The highest BCUT2D eigenvalue weighted by atomic mass is 32.2. The summed E-state index contributed by atoms with van der Waals surface area (Å²) in [7, 11) is 0. The largest absolute Gasteiger partial charge is 0.449 e. The fourth-order valence-corrected chi connectivity index (χ4v) is 4.80. The number of hydrogen-bond acceptors (Lipinski definition) is 5. The number of aromatic nitrogens is 2. The number of anilines is 1. The van der Waals surface area contributed by atoms with Crippen LogP contribution in [-0.4, -0.2) is 75.3 Å². The number of fused-ring (bicyclic) bond motifs is 1. The summed E-state index contributed by atoms with van der Waals surface area (Å²) in [6.45, 7) is 2.21. The fraction of sp³-hybridized carbons (Fsp3) is 0.526. The van der Waals surface area contributed by atoms with Crippen LogP contribution in [0, 0.1) is 0 Å². The van der Waals surface area contributed by atoms with Gasteiger partial charge in [0.1, 0.15) is 0 Å². The second-order valence-electron chi connectivity index (χ2n) is 7.43. The third-order valence-corrected chi connectivity index (χ3v) is 6.29. The molecule has 1 atom stereocenters. The van der Waals surface area contributed by atoms with Crippen molar-refractivity contribution in [3.05, 3.63) is 24.0 Å². The lowest BCUT2D eigenvalue weighted by atomic mass is 10.2. The van der Waals surface area contributed by atoms with E-state index >= 15 is 0 Å². The van der Waals surface area contributed by atoms with Gasteiger partial charge in [-0.2, -0.15) is 24.9 Å². The second-order valence-corrected chi connectivity index (χ2v) is 8.65. The van der Waals surface area contributed by atoms with Gasteiger partial charge in [-0.05, 0) is 37.6 Å². The molecule has 2 N–H and O–H groups in total. The Hall–Kier alpha value is -2.27. The van der Waals surface area contributed by atoms with E-state index in [1.54, 1.807) is 0 Å². The Morgan fingerprint density at radius 3 is 2.73 bits per heavy atom. The zero-order valence-corrected chi connectivity index (χ0v) is 17.0. The van der Waals surface area contributed by atoms with Crippen LogP contribution in [-0.2, 0) is 15.8 Å². The number of halogens is 3. The Labute approximate surface area is 175 Å². The van der Waals surface area contributed by atoms with E-state index in [1.807, 2.05) is 21.6 Å².